The van der Waals surface area contributed by atoms with E-state index in [0.29, 0.717) is 5.56 Å². The third-order valence-corrected chi connectivity index (χ3v) is 3.68. The van der Waals surface area contributed by atoms with Crippen LogP contribution >= 0.6 is 0 Å². The van der Waals surface area contributed by atoms with Crippen molar-refractivity contribution in [3.8, 4) is 0 Å². The van der Waals surface area contributed by atoms with Gasteiger partial charge in [-0.15, -0.1) is 0 Å². The Kier molecular flexibility index (Phi) is 6.14. The van der Waals surface area contributed by atoms with Crippen molar-refractivity contribution in [3.63, 3.8) is 0 Å². The largest absolute Gasteiger partial charge is 0.433 e. The van der Waals surface area contributed by atoms with Crippen LogP contribution in [0.2, 0.25) is 0 Å². The minimum Gasteiger partial charge on any atom is -0.348 e. The Bertz CT molecular complexity index is 697. The van der Waals surface area contributed by atoms with Crippen molar-refractivity contribution in [2.45, 2.75) is 32.6 Å². The van der Waals surface area contributed by atoms with E-state index in [-0.39, 0.29) is 25.0 Å². The lowest BCUT2D eigenvalue weighted by Crippen LogP contribution is -2.35. The van der Waals surface area contributed by atoms with Gasteiger partial charge in [-0.25, -0.2) is 0 Å². The third kappa shape index (κ3) is 5.86. The highest BCUT2D eigenvalue weighted by molar-refractivity contribution is 5.78. The van der Waals surface area contributed by atoms with Crippen LogP contribution in [0.25, 0.3) is 0 Å². The summed E-state index contributed by atoms with van der Waals surface area (Å²) in [5, 5.41) is 5.76. The van der Waals surface area contributed by atoms with Crippen LogP contribution in [-0.2, 0) is 17.5 Å². The average molecular weight is 351 g/mol. The number of alkyl halides is 3. The van der Waals surface area contributed by atoms with Gasteiger partial charge in [0.05, 0.1) is 12.6 Å². The first-order chi connectivity index (χ1) is 11.8. The summed E-state index contributed by atoms with van der Waals surface area (Å²) in [7, 11) is 0. The molecule has 1 atom stereocenters. The van der Waals surface area contributed by atoms with E-state index >= 15 is 0 Å². The molecule has 134 valence electrons. The molecule has 1 aromatic heterocycles. The maximum absolute atomic E-state index is 12.4. The summed E-state index contributed by atoms with van der Waals surface area (Å²) in [6.45, 7) is 4.21. The first-order valence-electron chi connectivity index (χ1n) is 7.84. The number of aromatic nitrogens is 1. The van der Waals surface area contributed by atoms with Crippen molar-refractivity contribution < 1.29 is 18.0 Å². The highest BCUT2D eigenvalue weighted by Gasteiger charge is 2.31. The van der Waals surface area contributed by atoms with Crippen LogP contribution in [0, 0.1) is 6.92 Å². The number of nitrogens with zero attached hydrogens (tertiary/aromatic N) is 1. The van der Waals surface area contributed by atoms with Crippen LogP contribution in [0.5, 0.6) is 0 Å². The molecule has 1 aromatic carbocycles. The van der Waals surface area contributed by atoms with Crippen molar-refractivity contribution in [2.24, 2.45) is 0 Å². The van der Waals surface area contributed by atoms with Gasteiger partial charge < -0.3 is 10.6 Å². The third-order valence-electron chi connectivity index (χ3n) is 3.68. The van der Waals surface area contributed by atoms with Gasteiger partial charge in [-0.05, 0) is 31.0 Å². The van der Waals surface area contributed by atoms with E-state index in [1.165, 1.54) is 6.07 Å². The van der Waals surface area contributed by atoms with Gasteiger partial charge in [0.25, 0.3) is 0 Å². The van der Waals surface area contributed by atoms with Gasteiger partial charge in [-0.2, -0.15) is 13.2 Å². The van der Waals surface area contributed by atoms with E-state index in [2.05, 4.69) is 15.6 Å². The molecule has 0 saturated heterocycles. The van der Waals surface area contributed by atoms with Gasteiger partial charge in [0, 0.05) is 12.7 Å². The van der Waals surface area contributed by atoms with Gasteiger partial charge in [0.1, 0.15) is 5.69 Å². The molecule has 0 unspecified atom stereocenters. The van der Waals surface area contributed by atoms with Crippen LogP contribution in [0.1, 0.15) is 35.3 Å². The van der Waals surface area contributed by atoms with Gasteiger partial charge in [0.2, 0.25) is 5.91 Å². The molecule has 0 saturated carbocycles. The normalized spacial score (nSPS) is 12.7. The van der Waals surface area contributed by atoms with Gasteiger partial charge in [-0.3, -0.25) is 9.78 Å². The zero-order valence-electron chi connectivity index (χ0n) is 14.0. The fourth-order valence-corrected chi connectivity index (χ4v) is 2.25. The smallest absolute Gasteiger partial charge is 0.348 e. The van der Waals surface area contributed by atoms with E-state index < -0.39 is 11.9 Å². The predicted molar refractivity (Wildman–Crippen MR) is 88.7 cm³/mol. The van der Waals surface area contributed by atoms with Gasteiger partial charge in [0.15, 0.2) is 0 Å². The molecule has 0 radical (unpaired) electrons. The summed E-state index contributed by atoms with van der Waals surface area (Å²) >= 11 is 0. The van der Waals surface area contributed by atoms with Crippen LogP contribution in [0.15, 0.2) is 42.6 Å². The molecule has 2 rings (SSSR count). The molecule has 1 amide bonds. The lowest BCUT2D eigenvalue weighted by atomic mass is 10.1. The number of aryl methyl sites for hydroxylation is 1. The number of benzene rings is 1. The van der Waals surface area contributed by atoms with Crippen LogP contribution in [0.4, 0.5) is 13.2 Å². The SMILES string of the molecule is Cc1ccc([C@@H](C)NC(=O)CNCc2ccc(C(F)(F)F)nc2)cc1. The van der Waals surface area contributed by atoms with Crippen molar-refractivity contribution in [3.05, 3.63) is 65.0 Å². The Morgan fingerprint density at radius 1 is 1.16 bits per heavy atom. The maximum atomic E-state index is 12.4. The topological polar surface area (TPSA) is 54.0 Å². The molecular formula is C18H20F3N3O. The number of rotatable bonds is 6. The molecule has 0 spiro atoms. The Morgan fingerprint density at radius 2 is 1.84 bits per heavy atom. The average Bonchev–Trinajstić information content (AvgIpc) is 2.55. The molecule has 1 heterocycles. The molecule has 0 aliphatic heterocycles. The number of nitrogens with one attached hydrogen (secondary N) is 2. The van der Waals surface area contributed by atoms with Crippen LogP contribution in [0.3, 0.4) is 0 Å². The Labute approximate surface area is 144 Å². The minimum atomic E-state index is -4.45. The summed E-state index contributed by atoms with van der Waals surface area (Å²) in [6.07, 6.45) is -3.29. The van der Waals surface area contributed by atoms with Gasteiger partial charge >= 0.3 is 6.18 Å². The van der Waals surface area contributed by atoms with Crippen molar-refractivity contribution in [2.75, 3.05) is 6.54 Å². The molecule has 7 heteroatoms. The number of hydrogen-bond acceptors (Lipinski definition) is 3. The molecule has 0 bridgehead atoms. The Hall–Kier alpha value is -2.41. The molecule has 2 aromatic rings. The van der Waals surface area contributed by atoms with Crippen molar-refractivity contribution >= 4 is 5.91 Å². The summed E-state index contributed by atoms with van der Waals surface area (Å²) in [4.78, 5) is 15.3. The summed E-state index contributed by atoms with van der Waals surface area (Å²) in [6, 6.07) is 10.0. The molecule has 0 aliphatic rings. The summed E-state index contributed by atoms with van der Waals surface area (Å²) in [5.41, 5.74) is 1.80. The Morgan fingerprint density at radius 3 is 2.40 bits per heavy atom. The monoisotopic (exact) mass is 351 g/mol. The van der Waals surface area contributed by atoms with E-state index in [9.17, 15) is 18.0 Å². The lowest BCUT2D eigenvalue weighted by molar-refractivity contribution is -0.141. The highest BCUT2D eigenvalue weighted by atomic mass is 19.4. The van der Waals surface area contributed by atoms with E-state index in [0.717, 1.165) is 23.4 Å². The summed E-state index contributed by atoms with van der Waals surface area (Å²) < 4.78 is 37.3. The molecular weight excluding hydrogens is 331 g/mol. The highest BCUT2D eigenvalue weighted by Crippen LogP contribution is 2.27. The fraction of sp³-hybridized carbons (Fsp3) is 0.333. The van der Waals surface area contributed by atoms with E-state index in [1.807, 2.05) is 38.1 Å². The zero-order valence-corrected chi connectivity index (χ0v) is 14.0. The number of halogens is 3. The first kappa shape index (κ1) is 18.9. The lowest BCUT2D eigenvalue weighted by Gasteiger charge is -2.15. The molecule has 0 fully saturated rings. The number of hydrogen-bond donors (Lipinski definition) is 2. The molecule has 0 aliphatic carbocycles. The number of carbonyl (C=O) groups excluding carboxylic acids is 1. The maximum Gasteiger partial charge on any atom is 0.433 e. The number of carbonyl (C=O) groups is 1. The molecule has 4 nitrogen and oxygen atoms in total. The molecule has 2 N–H and O–H groups in total. The van der Waals surface area contributed by atoms with Crippen LogP contribution in [-0.4, -0.2) is 17.4 Å². The molecule has 25 heavy (non-hydrogen) atoms. The Balaban J connectivity index is 1.77. The second-order valence-electron chi connectivity index (χ2n) is 5.85. The van der Waals surface area contributed by atoms with E-state index in [4.69, 9.17) is 0 Å². The van der Waals surface area contributed by atoms with Crippen LogP contribution < -0.4 is 10.6 Å². The van der Waals surface area contributed by atoms with Crippen molar-refractivity contribution in [1.82, 2.24) is 15.6 Å². The number of amides is 1. The number of pyridine rings is 1. The quantitative estimate of drug-likeness (QED) is 0.839. The van der Waals surface area contributed by atoms with Gasteiger partial charge in [-0.1, -0.05) is 35.9 Å². The van der Waals surface area contributed by atoms with Crippen molar-refractivity contribution in [1.29, 1.82) is 0 Å². The second kappa shape index (κ2) is 8.11. The standard InChI is InChI=1S/C18H20F3N3O/c1-12-3-6-15(7-4-12)13(2)24-17(25)11-22-9-14-5-8-16(23-10-14)18(19,20)21/h3-8,10,13,22H,9,11H2,1-2H3,(H,24,25)/t13-/m1/s1. The predicted octanol–water partition coefficient (Wildman–Crippen LogP) is 3.38. The minimum absolute atomic E-state index is 0.0667. The second-order valence-corrected chi connectivity index (χ2v) is 5.85. The fourth-order valence-electron chi connectivity index (χ4n) is 2.25. The van der Waals surface area contributed by atoms with E-state index in [1.54, 1.807) is 0 Å². The first-order valence-corrected chi connectivity index (χ1v) is 7.84. The summed E-state index contributed by atoms with van der Waals surface area (Å²) in [5.74, 6) is -0.187. The zero-order chi connectivity index (χ0) is 18.4.